The van der Waals surface area contributed by atoms with Crippen LogP contribution in [0.2, 0.25) is 0 Å². The van der Waals surface area contributed by atoms with Gasteiger partial charge in [0.1, 0.15) is 0 Å². The van der Waals surface area contributed by atoms with E-state index in [1.54, 1.807) is 6.92 Å². The molecular formula is C19H25F3N2O2. The van der Waals surface area contributed by atoms with Crippen molar-refractivity contribution in [2.75, 3.05) is 26.2 Å². The van der Waals surface area contributed by atoms with Crippen molar-refractivity contribution in [3.05, 3.63) is 34.9 Å². The number of carbonyl (C=O) groups excluding carboxylic acids is 1. The van der Waals surface area contributed by atoms with E-state index >= 15 is 0 Å². The van der Waals surface area contributed by atoms with Gasteiger partial charge in [0.2, 0.25) is 0 Å². The number of aryl methyl sites for hydroxylation is 1. The Bertz CT molecular complexity index is 634. The van der Waals surface area contributed by atoms with E-state index in [-0.39, 0.29) is 11.6 Å². The summed E-state index contributed by atoms with van der Waals surface area (Å²) in [4.78, 5) is 14.8. The molecule has 26 heavy (non-hydrogen) atoms. The predicted molar refractivity (Wildman–Crippen MR) is 92.1 cm³/mol. The molecule has 0 spiro atoms. The Kier molecular flexibility index (Phi) is 5.87. The summed E-state index contributed by atoms with van der Waals surface area (Å²) in [5.74, 6) is -0.425. The molecule has 4 nitrogen and oxygen atoms in total. The number of nitrogens with one attached hydrogen (secondary N) is 1. The Balaban J connectivity index is 1.54. The Morgan fingerprint density at radius 1 is 1.27 bits per heavy atom. The van der Waals surface area contributed by atoms with Crippen molar-refractivity contribution in [3.63, 3.8) is 0 Å². The maximum atomic E-state index is 12.9. The number of ether oxygens (including phenoxy) is 1. The van der Waals surface area contributed by atoms with Gasteiger partial charge in [-0.1, -0.05) is 6.07 Å². The number of halogens is 3. The molecule has 1 N–H and O–H groups in total. The summed E-state index contributed by atoms with van der Waals surface area (Å²) in [6.45, 7) is 5.15. The normalized spacial score (nSPS) is 22.5. The third-order valence-corrected chi connectivity index (χ3v) is 5.22. The highest BCUT2D eigenvalue weighted by atomic mass is 19.4. The quantitative estimate of drug-likeness (QED) is 0.883. The molecule has 0 aliphatic carbocycles. The van der Waals surface area contributed by atoms with Gasteiger partial charge >= 0.3 is 6.18 Å². The molecule has 2 saturated heterocycles. The lowest BCUT2D eigenvalue weighted by atomic mass is 10.0. The highest BCUT2D eigenvalue weighted by Gasteiger charge is 2.32. The first-order valence-corrected chi connectivity index (χ1v) is 9.15. The predicted octanol–water partition coefficient (Wildman–Crippen LogP) is 3.39. The van der Waals surface area contributed by atoms with Gasteiger partial charge < -0.3 is 15.0 Å². The Morgan fingerprint density at radius 2 is 2.00 bits per heavy atom. The van der Waals surface area contributed by atoms with Crippen LogP contribution >= 0.6 is 0 Å². The van der Waals surface area contributed by atoms with Gasteiger partial charge in [0.05, 0.1) is 11.7 Å². The Labute approximate surface area is 151 Å². The number of piperidine rings is 1. The van der Waals surface area contributed by atoms with Crippen molar-refractivity contribution < 1.29 is 22.7 Å². The van der Waals surface area contributed by atoms with Crippen molar-refractivity contribution in [1.82, 2.24) is 10.2 Å². The van der Waals surface area contributed by atoms with Crippen LogP contribution in [0.15, 0.2) is 18.2 Å². The van der Waals surface area contributed by atoms with Crippen LogP contribution in [0.5, 0.6) is 0 Å². The molecule has 2 fully saturated rings. The van der Waals surface area contributed by atoms with E-state index in [4.69, 9.17) is 4.74 Å². The molecular weight excluding hydrogens is 345 g/mol. The van der Waals surface area contributed by atoms with Crippen LogP contribution < -0.4 is 5.32 Å². The summed E-state index contributed by atoms with van der Waals surface area (Å²) < 4.78 is 44.3. The van der Waals surface area contributed by atoms with Crippen LogP contribution in [0, 0.1) is 6.92 Å². The summed E-state index contributed by atoms with van der Waals surface area (Å²) in [6.07, 6.45) is -0.309. The molecule has 0 radical (unpaired) electrons. The fourth-order valence-corrected chi connectivity index (χ4v) is 3.64. The third-order valence-electron chi connectivity index (χ3n) is 5.22. The molecule has 0 bridgehead atoms. The molecule has 0 saturated carbocycles. The molecule has 0 aromatic heterocycles. The lowest BCUT2D eigenvalue weighted by Gasteiger charge is -2.33. The van der Waals surface area contributed by atoms with Gasteiger partial charge in [-0.25, -0.2) is 0 Å². The molecule has 2 heterocycles. The summed E-state index contributed by atoms with van der Waals surface area (Å²) >= 11 is 0. The lowest BCUT2D eigenvalue weighted by molar-refractivity contribution is -0.137. The van der Waals surface area contributed by atoms with Crippen LogP contribution in [0.4, 0.5) is 13.2 Å². The van der Waals surface area contributed by atoms with E-state index in [0.29, 0.717) is 11.7 Å². The summed E-state index contributed by atoms with van der Waals surface area (Å²) in [7, 11) is 0. The van der Waals surface area contributed by atoms with Crippen molar-refractivity contribution in [2.45, 2.75) is 50.9 Å². The minimum absolute atomic E-state index is 0.00260. The van der Waals surface area contributed by atoms with Crippen LogP contribution in [0.1, 0.15) is 47.2 Å². The summed E-state index contributed by atoms with van der Waals surface area (Å²) in [6, 6.07) is 3.30. The number of benzene rings is 1. The minimum atomic E-state index is -4.45. The summed E-state index contributed by atoms with van der Waals surface area (Å²) in [5.41, 5.74) is -0.146. The number of carbonyl (C=O) groups is 1. The summed E-state index contributed by atoms with van der Waals surface area (Å²) in [5, 5.41) is 2.90. The van der Waals surface area contributed by atoms with Crippen LogP contribution in [-0.2, 0) is 10.9 Å². The van der Waals surface area contributed by atoms with Gasteiger partial charge in [0, 0.05) is 37.8 Å². The topological polar surface area (TPSA) is 41.6 Å². The number of rotatable bonds is 4. The fraction of sp³-hybridized carbons (Fsp3) is 0.632. The fourth-order valence-electron chi connectivity index (χ4n) is 3.64. The first-order valence-electron chi connectivity index (χ1n) is 9.15. The largest absolute Gasteiger partial charge is 0.416 e. The van der Waals surface area contributed by atoms with E-state index < -0.39 is 17.6 Å². The highest BCUT2D eigenvalue weighted by Crippen LogP contribution is 2.30. The molecule has 1 aromatic rings. The number of hydrogen-bond acceptors (Lipinski definition) is 3. The monoisotopic (exact) mass is 370 g/mol. The molecule has 1 unspecified atom stereocenters. The Morgan fingerprint density at radius 3 is 2.62 bits per heavy atom. The highest BCUT2D eigenvalue weighted by molar-refractivity contribution is 5.96. The number of likely N-dealkylation sites (tertiary alicyclic amines) is 1. The van der Waals surface area contributed by atoms with Crippen molar-refractivity contribution in [1.29, 1.82) is 0 Å². The zero-order chi connectivity index (χ0) is 18.7. The van der Waals surface area contributed by atoms with Gasteiger partial charge in [-0.05, 0) is 50.3 Å². The van der Waals surface area contributed by atoms with Gasteiger partial charge in [-0.3, -0.25) is 4.79 Å². The molecule has 3 rings (SSSR count). The van der Waals surface area contributed by atoms with E-state index in [0.717, 1.165) is 64.1 Å². The second-order valence-corrected chi connectivity index (χ2v) is 7.21. The van der Waals surface area contributed by atoms with Gasteiger partial charge in [-0.2, -0.15) is 13.2 Å². The van der Waals surface area contributed by atoms with E-state index in [1.807, 2.05) is 0 Å². The molecule has 2 aliphatic rings. The van der Waals surface area contributed by atoms with Crippen LogP contribution in [0.3, 0.4) is 0 Å². The number of amides is 1. The molecule has 2 aliphatic heterocycles. The third kappa shape index (κ3) is 4.76. The standard InChI is InChI=1S/C19H25F3N2O2/c1-13-4-5-14(19(20,21)22)11-17(13)18(25)23-15-6-8-24(9-7-15)12-16-3-2-10-26-16/h4-5,11,15-16H,2-3,6-10,12H2,1H3,(H,23,25). The van der Waals surface area contributed by atoms with Crippen LogP contribution in [-0.4, -0.2) is 49.2 Å². The lowest BCUT2D eigenvalue weighted by Crippen LogP contribution is -2.46. The Hall–Kier alpha value is -1.60. The average molecular weight is 370 g/mol. The average Bonchev–Trinajstić information content (AvgIpc) is 3.09. The van der Waals surface area contributed by atoms with Crippen molar-refractivity contribution >= 4 is 5.91 Å². The number of alkyl halides is 3. The molecule has 1 aromatic carbocycles. The van der Waals surface area contributed by atoms with Crippen LogP contribution in [0.25, 0.3) is 0 Å². The minimum Gasteiger partial charge on any atom is -0.377 e. The van der Waals surface area contributed by atoms with Gasteiger partial charge in [-0.15, -0.1) is 0 Å². The second kappa shape index (κ2) is 7.96. The zero-order valence-electron chi connectivity index (χ0n) is 14.9. The SMILES string of the molecule is Cc1ccc(C(F)(F)F)cc1C(=O)NC1CCN(CC2CCCO2)CC1. The maximum Gasteiger partial charge on any atom is 0.416 e. The van der Waals surface area contributed by atoms with Gasteiger partial charge in [0.25, 0.3) is 5.91 Å². The van der Waals surface area contributed by atoms with Crippen molar-refractivity contribution in [2.24, 2.45) is 0 Å². The molecule has 1 atom stereocenters. The second-order valence-electron chi connectivity index (χ2n) is 7.21. The van der Waals surface area contributed by atoms with E-state index in [9.17, 15) is 18.0 Å². The zero-order valence-corrected chi connectivity index (χ0v) is 14.9. The van der Waals surface area contributed by atoms with Crippen molar-refractivity contribution in [3.8, 4) is 0 Å². The molecule has 144 valence electrons. The first-order chi connectivity index (χ1) is 12.3. The van der Waals surface area contributed by atoms with Gasteiger partial charge in [0.15, 0.2) is 0 Å². The smallest absolute Gasteiger partial charge is 0.377 e. The molecule has 1 amide bonds. The molecule has 7 heteroatoms. The number of nitrogens with zero attached hydrogens (tertiary/aromatic N) is 1. The first kappa shape index (κ1) is 19.2. The maximum absolute atomic E-state index is 12.9. The van der Waals surface area contributed by atoms with E-state index in [1.165, 1.54) is 6.07 Å². The number of hydrogen-bond donors (Lipinski definition) is 1. The van der Waals surface area contributed by atoms with E-state index in [2.05, 4.69) is 10.2 Å².